The zero-order valence-electron chi connectivity index (χ0n) is 7.61. The second-order valence-electron chi connectivity index (χ2n) is 2.50. The van der Waals surface area contributed by atoms with Crippen LogP contribution in [0.1, 0.15) is 20.8 Å². The first-order valence-electron chi connectivity index (χ1n) is 3.83. The Morgan fingerprint density at radius 2 is 2.17 bits per heavy atom. The molecule has 0 aromatic carbocycles. The number of hydrogen-bond donors (Lipinski definition) is 0. The Kier molecular flexibility index (Phi) is 5.16. The van der Waals surface area contributed by atoms with Crippen molar-refractivity contribution in [3.8, 4) is 6.07 Å². The zero-order chi connectivity index (χ0) is 9.61. The van der Waals surface area contributed by atoms with Crippen LogP contribution in [-0.2, 0) is 13.6 Å². The average Bonchev–Trinajstić information content (AvgIpc) is 1.85. The van der Waals surface area contributed by atoms with Crippen LogP contribution in [0.15, 0.2) is 0 Å². The van der Waals surface area contributed by atoms with Crippen LogP contribution in [0.2, 0.25) is 0 Å². The van der Waals surface area contributed by atoms with Crippen LogP contribution in [0.3, 0.4) is 0 Å². The van der Waals surface area contributed by atoms with Gasteiger partial charge in [0.2, 0.25) is 0 Å². The molecule has 0 N–H and O–H groups in total. The molecule has 0 aromatic heterocycles. The maximum atomic E-state index is 11.6. The molecule has 0 saturated heterocycles. The van der Waals surface area contributed by atoms with E-state index in [2.05, 4.69) is 0 Å². The molecule has 0 spiro atoms. The van der Waals surface area contributed by atoms with Gasteiger partial charge in [-0.1, -0.05) is 0 Å². The summed E-state index contributed by atoms with van der Waals surface area (Å²) in [7, 11) is -3.14. The van der Waals surface area contributed by atoms with E-state index in [1.807, 2.05) is 0 Å². The Hall–Kier alpha value is -0.360. The first-order valence-corrected chi connectivity index (χ1v) is 5.56. The molecule has 0 heterocycles. The fourth-order valence-corrected chi connectivity index (χ4v) is 2.15. The van der Waals surface area contributed by atoms with Crippen molar-refractivity contribution in [3.05, 3.63) is 0 Å². The molecule has 70 valence electrons. The lowest BCUT2D eigenvalue weighted by Gasteiger charge is -2.16. The predicted octanol–water partition coefficient (Wildman–Crippen LogP) is 2.16. The van der Waals surface area contributed by atoms with Crippen LogP contribution < -0.4 is 0 Å². The highest BCUT2D eigenvalue weighted by Crippen LogP contribution is 2.48. The van der Waals surface area contributed by atoms with Gasteiger partial charge in [-0.15, -0.1) is 0 Å². The largest absolute Gasteiger partial charge is 0.344 e. The third kappa shape index (κ3) is 4.50. The fourth-order valence-electron chi connectivity index (χ4n) is 0.718. The van der Waals surface area contributed by atoms with Gasteiger partial charge in [-0.2, -0.15) is 5.26 Å². The van der Waals surface area contributed by atoms with Crippen molar-refractivity contribution < 1.29 is 13.6 Å². The maximum Gasteiger partial charge on any atom is 0.344 e. The molecule has 0 aromatic rings. The molecular formula is C7H14NO3P. The number of nitriles is 1. The van der Waals surface area contributed by atoms with Gasteiger partial charge in [-0.25, -0.2) is 0 Å². The fraction of sp³-hybridized carbons (Fsp3) is 0.857. The summed E-state index contributed by atoms with van der Waals surface area (Å²) >= 11 is 0. The lowest BCUT2D eigenvalue weighted by atomic mass is 10.5. The minimum absolute atomic E-state index is 0.182. The molecule has 0 saturated carbocycles. The molecule has 5 heteroatoms. The van der Waals surface area contributed by atoms with Crippen molar-refractivity contribution in [2.75, 3.05) is 12.8 Å². The first-order chi connectivity index (χ1) is 5.54. The highest BCUT2D eigenvalue weighted by Gasteiger charge is 2.24. The Morgan fingerprint density at radius 3 is 2.50 bits per heavy atom. The van der Waals surface area contributed by atoms with Crippen LogP contribution in [0.5, 0.6) is 0 Å². The van der Waals surface area contributed by atoms with Gasteiger partial charge in [0.05, 0.1) is 18.8 Å². The number of nitrogens with zero attached hydrogens (tertiary/aromatic N) is 1. The van der Waals surface area contributed by atoms with Gasteiger partial charge >= 0.3 is 7.60 Å². The summed E-state index contributed by atoms with van der Waals surface area (Å²) in [4.78, 5) is 0. The molecule has 0 bridgehead atoms. The standard InChI is InChI=1S/C7H14NO3P/c1-4-10-12(9,6-5-8)11-7(2)3/h7H,4,6H2,1-3H3. The Bertz CT molecular complexity index is 209. The third-order valence-corrected chi connectivity index (χ3v) is 2.88. The Morgan fingerprint density at radius 1 is 1.58 bits per heavy atom. The van der Waals surface area contributed by atoms with Crippen molar-refractivity contribution in [3.63, 3.8) is 0 Å². The van der Waals surface area contributed by atoms with Crippen LogP contribution in [0, 0.1) is 11.3 Å². The van der Waals surface area contributed by atoms with Crippen molar-refractivity contribution in [1.29, 1.82) is 5.26 Å². The van der Waals surface area contributed by atoms with E-state index in [9.17, 15) is 4.57 Å². The SMILES string of the molecule is CCOP(=O)(CC#N)OC(C)C. The Balaban J connectivity index is 4.21. The topological polar surface area (TPSA) is 59.3 Å². The summed E-state index contributed by atoms with van der Waals surface area (Å²) < 4.78 is 21.5. The first kappa shape index (κ1) is 11.6. The van der Waals surface area contributed by atoms with E-state index in [0.29, 0.717) is 6.61 Å². The normalized spacial score (nSPS) is 15.6. The Labute approximate surface area is 73.0 Å². The quantitative estimate of drug-likeness (QED) is 0.625. The smallest absolute Gasteiger partial charge is 0.308 e. The van der Waals surface area contributed by atoms with Gasteiger partial charge in [0.25, 0.3) is 0 Å². The molecule has 4 nitrogen and oxygen atoms in total. The van der Waals surface area contributed by atoms with E-state index >= 15 is 0 Å². The highest BCUT2D eigenvalue weighted by atomic mass is 31.2. The monoisotopic (exact) mass is 191 g/mol. The van der Waals surface area contributed by atoms with E-state index in [4.69, 9.17) is 14.3 Å². The van der Waals surface area contributed by atoms with Crippen molar-refractivity contribution in [2.45, 2.75) is 26.9 Å². The van der Waals surface area contributed by atoms with Gasteiger partial charge in [-0.3, -0.25) is 4.57 Å². The molecule has 1 unspecified atom stereocenters. The van der Waals surface area contributed by atoms with Crippen molar-refractivity contribution >= 4 is 7.60 Å². The van der Waals surface area contributed by atoms with Crippen LogP contribution >= 0.6 is 7.60 Å². The van der Waals surface area contributed by atoms with E-state index < -0.39 is 7.60 Å². The summed E-state index contributed by atoms with van der Waals surface area (Å²) in [5, 5.41) is 8.36. The molecule has 0 aliphatic rings. The average molecular weight is 191 g/mol. The molecule has 12 heavy (non-hydrogen) atoms. The van der Waals surface area contributed by atoms with E-state index in [-0.39, 0.29) is 12.3 Å². The van der Waals surface area contributed by atoms with Gasteiger partial charge in [0, 0.05) is 0 Å². The number of hydrogen-bond acceptors (Lipinski definition) is 4. The summed E-state index contributed by atoms with van der Waals surface area (Å²) in [5.74, 6) is 0. The molecule has 0 amide bonds. The van der Waals surface area contributed by atoms with Gasteiger partial charge in [0.1, 0.15) is 6.16 Å². The summed E-state index contributed by atoms with van der Waals surface area (Å²) in [6.45, 7) is 5.52. The minimum atomic E-state index is -3.14. The van der Waals surface area contributed by atoms with Crippen LogP contribution in [0.25, 0.3) is 0 Å². The second kappa shape index (κ2) is 5.31. The van der Waals surface area contributed by atoms with E-state index in [1.54, 1.807) is 26.8 Å². The molecule has 1 atom stereocenters. The van der Waals surface area contributed by atoms with Crippen LogP contribution in [-0.4, -0.2) is 18.9 Å². The maximum absolute atomic E-state index is 11.6. The lowest BCUT2D eigenvalue weighted by Crippen LogP contribution is -2.05. The molecule has 0 rings (SSSR count). The molecule has 0 aliphatic heterocycles. The van der Waals surface area contributed by atoms with Gasteiger partial charge in [-0.05, 0) is 20.8 Å². The zero-order valence-corrected chi connectivity index (χ0v) is 8.51. The highest BCUT2D eigenvalue weighted by molar-refractivity contribution is 7.54. The van der Waals surface area contributed by atoms with Gasteiger partial charge < -0.3 is 9.05 Å². The molecule has 0 fully saturated rings. The van der Waals surface area contributed by atoms with E-state index in [0.717, 1.165) is 0 Å². The van der Waals surface area contributed by atoms with Crippen molar-refractivity contribution in [1.82, 2.24) is 0 Å². The number of rotatable bonds is 5. The second-order valence-corrected chi connectivity index (χ2v) is 4.51. The van der Waals surface area contributed by atoms with Gasteiger partial charge in [0.15, 0.2) is 0 Å². The van der Waals surface area contributed by atoms with Crippen molar-refractivity contribution in [2.24, 2.45) is 0 Å². The van der Waals surface area contributed by atoms with Crippen LogP contribution in [0.4, 0.5) is 0 Å². The minimum Gasteiger partial charge on any atom is -0.308 e. The summed E-state index contributed by atoms with van der Waals surface area (Å²) in [5.41, 5.74) is 0. The molecular weight excluding hydrogens is 177 g/mol. The summed E-state index contributed by atoms with van der Waals surface area (Å²) in [6.07, 6.45) is -0.366. The molecule has 0 aliphatic carbocycles. The predicted molar refractivity (Wildman–Crippen MR) is 45.9 cm³/mol. The van der Waals surface area contributed by atoms with E-state index in [1.165, 1.54) is 0 Å². The molecule has 0 radical (unpaired) electrons. The summed E-state index contributed by atoms with van der Waals surface area (Å²) in [6, 6.07) is 1.79. The lowest BCUT2D eigenvalue weighted by molar-refractivity contribution is 0.175. The third-order valence-electron chi connectivity index (χ3n) is 0.962.